The second kappa shape index (κ2) is 4.96. The first-order chi connectivity index (χ1) is 7.81. The van der Waals surface area contributed by atoms with Crippen molar-refractivity contribution in [3.8, 4) is 6.07 Å². The molecule has 0 aliphatic rings. The van der Waals surface area contributed by atoms with Crippen molar-refractivity contribution in [3.63, 3.8) is 0 Å². The van der Waals surface area contributed by atoms with Gasteiger partial charge in [-0.3, -0.25) is 0 Å². The van der Waals surface area contributed by atoms with Crippen LogP contribution >= 0.6 is 15.9 Å². The van der Waals surface area contributed by atoms with Crippen LogP contribution in [0.2, 0.25) is 0 Å². The molecule has 0 saturated heterocycles. The maximum absolute atomic E-state index is 12.5. The molecule has 1 heterocycles. The maximum atomic E-state index is 12.5. The molecular formula is C9H4BrF5N2. The van der Waals surface area contributed by atoms with E-state index >= 15 is 0 Å². The lowest BCUT2D eigenvalue weighted by atomic mass is 10.1. The van der Waals surface area contributed by atoms with Crippen molar-refractivity contribution < 1.29 is 22.0 Å². The molecule has 0 spiro atoms. The second-order valence-electron chi connectivity index (χ2n) is 2.98. The molecule has 1 rings (SSSR count). The highest BCUT2D eigenvalue weighted by molar-refractivity contribution is 9.08. The first-order valence-electron chi connectivity index (χ1n) is 4.16. The van der Waals surface area contributed by atoms with Crippen LogP contribution in [0.3, 0.4) is 0 Å². The van der Waals surface area contributed by atoms with Crippen molar-refractivity contribution in [2.75, 3.05) is 0 Å². The summed E-state index contributed by atoms with van der Waals surface area (Å²) in [5.41, 5.74) is -3.45. The molecule has 0 fully saturated rings. The molecule has 0 aromatic carbocycles. The SMILES string of the molecule is N#Cc1nc(C(F)(F)F)c(CBr)cc1C(F)F. The molecule has 0 unspecified atom stereocenters. The van der Waals surface area contributed by atoms with E-state index in [1.165, 1.54) is 6.07 Å². The van der Waals surface area contributed by atoms with Gasteiger partial charge in [0, 0.05) is 5.33 Å². The van der Waals surface area contributed by atoms with Gasteiger partial charge in [-0.15, -0.1) is 0 Å². The van der Waals surface area contributed by atoms with E-state index in [0.29, 0.717) is 6.07 Å². The van der Waals surface area contributed by atoms with Gasteiger partial charge in [-0.25, -0.2) is 13.8 Å². The normalized spacial score (nSPS) is 11.6. The number of nitrogens with zero attached hydrogens (tertiary/aromatic N) is 2. The Balaban J connectivity index is 3.51. The number of pyridine rings is 1. The van der Waals surface area contributed by atoms with Gasteiger partial charge in [-0.1, -0.05) is 15.9 Å². The van der Waals surface area contributed by atoms with Crippen LogP contribution in [0.25, 0.3) is 0 Å². The monoisotopic (exact) mass is 314 g/mol. The zero-order chi connectivity index (χ0) is 13.2. The quantitative estimate of drug-likeness (QED) is 0.615. The Labute approximate surface area is 101 Å². The largest absolute Gasteiger partial charge is 0.433 e. The van der Waals surface area contributed by atoms with E-state index in [2.05, 4.69) is 20.9 Å². The van der Waals surface area contributed by atoms with E-state index in [4.69, 9.17) is 5.26 Å². The summed E-state index contributed by atoms with van der Waals surface area (Å²) in [5, 5.41) is 8.22. The molecule has 0 N–H and O–H groups in total. The lowest BCUT2D eigenvalue weighted by Gasteiger charge is -2.12. The Kier molecular flexibility index (Phi) is 4.03. The molecule has 0 aliphatic carbocycles. The number of rotatable bonds is 2. The Morgan fingerprint density at radius 3 is 2.35 bits per heavy atom. The van der Waals surface area contributed by atoms with Gasteiger partial charge in [0.1, 0.15) is 17.5 Å². The average Bonchev–Trinajstić information content (AvgIpc) is 2.25. The zero-order valence-electron chi connectivity index (χ0n) is 8.02. The Hall–Kier alpha value is -1.23. The molecule has 0 saturated carbocycles. The van der Waals surface area contributed by atoms with E-state index in [9.17, 15) is 22.0 Å². The summed E-state index contributed by atoms with van der Waals surface area (Å²) < 4.78 is 62.5. The van der Waals surface area contributed by atoms with Gasteiger partial charge in [-0.2, -0.15) is 18.4 Å². The number of alkyl halides is 6. The number of hydrogen-bond acceptors (Lipinski definition) is 2. The molecule has 2 nitrogen and oxygen atoms in total. The molecule has 17 heavy (non-hydrogen) atoms. The van der Waals surface area contributed by atoms with Gasteiger partial charge in [-0.05, 0) is 11.6 Å². The van der Waals surface area contributed by atoms with Crippen LogP contribution in [-0.2, 0) is 11.5 Å². The summed E-state index contributed by atoms with van der Waals surface area (Å²) in [6.45, 7) is 0. The smallest absolute Gasteiger partial charge is 0.232 e. The van der Waals surface area contributed by atoms with Crippen LogP contribution in [0.1, 0.15) is 28.9 Å². The summed E-state index contributed by atoms with van der Waals surface area (Å²) in [6.07, 6.45) is -7.83. The fourth-order valence-corrected chi connectivity index (χ4v) is 1.60. The Bertz CT molecular complexity index is 464. The van der Waals surface area contributed by atoms with Crippen molar-refractivity contribution in [2.45, 2.75) is 17.9 Å². The van der Waals surface area contributed by atoms with Crippen molar-refractivity contribution in [1.29, 1.82) is 5.26 Å². The fourth-order valence-electron chi connectivity index (χ4n) is 1.18. The lowest BCUT2D eigenvalue weighted by molar-refractivity contribution is -0.141. The third kappa shape index (κ3) is 2.91. The maximum Gasteiger partial charge on any atom is 0.433 e. The van der Waals surface area contributed by atoms with E-state index < -0.39 is 35.1 Å². The van der Waals surface area contributed by atoms with Gasteiger partial charge in [0.15, 0.2) is 0 Å². The third-order valence-electron chi connectivity index (χ3n) is 1.88. The molecule has 0 atom stereocenters. The first kappa shape index (κ1) is 13.8. The number of nitriles is 1. The summed E-state index contributed by atoms with van der Waals surface area (Å²) in [5.74, 6) is 0. The van der Waals surface area contributed by atoms with E-state index in [0.717, 1.165) is 0 Å². The zero-order valence-corrected chi connectivity index (χ0v) is 9.61. The summed E-state index contributed by atoms with van der Waals surface area (Å²) in [7, 11) is 0. The van der Waals surface area contributed by atoms with Crippen LogP contribution in [0, 0.1) is 11.3 Å². The highest BCUT2D eigenvalue weighted by Crippen LogP contribution is 2.34. The molecule has 0 amide bonds. The van der Waals surface area contributed by atoms with Crippen LogP contribution in [-0.4, -0.2) is 4.98 Å². The Morgan fingerprint density at radius 1 is 1.41 bits per heavy atom. The molecule has 1 aromatic rings. The number of hydrogen-bond donors (Lipinski definition) is 0. The minimum absolute atomic E-state index is 0.278. The van der Waals surface area contributed by atoms with Gasteiger partial charge in [0.05, 0.1) is 5.56 Å². The predicted molar refractivity (Wildman–Crippen MR) is 51.5 cm³/mol. The van der Waals surface area contributed by atoms with Crippen molar-refractivity contribution in [3.05, 3.63) is 28.6 Å². The van der Waals surface area contributed by atoms with Crippen LogP contribution < -0.4 is 0 Å². The van der Waals surface area contributed by atoms with Gasteiger partial charge in [0.25, 0.3) is 6.43 Å². The molecule has 0 bridgehead atoms. The van der Waals surface area contributed by atoms with Gasteiger partial charge in [0.2, 0.25) is 0 Å². The molecule has 92 valence electrons. The summed E-state index contributed by atoms with van der Waals surface area (Å²) >= 11 is 2.76. The minimum Gasteiger partial charge on any atom is -0.232 e. The lowest BCUT2D eigenvalue weighted by Crippen LogP contribution is -2.14. The van der Waals surface area contributed by atoms with Gasteiger partial charge < -0.3 is 0 Å². The minimum atomic E-state index is -4.78. The van der Waals surface area contributed by atoms with Crippen LogP contribution in [0.4, 0.5) is 22.0 Å². The molecule has 0 radical (unpaired) electrons. The molecular weight excluding hydrogens is 311 g/mol. The second-order valence-corrected chi connectivity index (χ2v) is 3.54. The first-order valence-corrected chi connectivity index (χ1v) is 5.28. The summed E-state index contributed by atoms with van der Waals surface area (Å²) in [6, 6.07) is 1.88. The van der Waals surface area contributed by atoms with Gasteiger partial charge >= 0.3 is 6.18 Å². The predicted octanol–water partition coefficient (Wildman–Crippen LogP) is 3.80. The Morgan fingerprint density at radius 2 is 2.00 bits per heavy atom. The van der Waals surface area contributed by atoms with Crippen LogP contribution in [0.5, 0.6) is 0 Å². The highest BCUT2D eigenvalue weighted by atomic mass is 79.9. The number of halogens is 6. The average molecular weight is 315 g/mol. The fraction of sp³-hybridized carbons (Fsp3) is 0.333. The summed E-state index contributed by atoms with van der Waals surface area (Å²) in [4.78, 5) is 2.96. The number of aromatic nitrogens is 1. The van der Waals surface area contributed by atoms with Crippen molar-refractivity contribution in [2.24, 2.45) is 0 Å². The highest BCUT2D eigenvalue weighted by Gasteiger charge is 2.36. The van der Waals surface area contributed by atoms with Crippen molar-refractivity contribution in [1.82, 2.24) is 4.98 Å². The standard InChI is InChI=1S/C9H4BrF5N2/c10-2-4-1-5(8(11)12)6(3-16)17-7(4)9(13,14)15/h1,8H,2H2. The molecule has 0 aliphatic heterocycles. The van der Waals surface area contributed by atoms with E-state index in [1.54, 1.807) is 0 Å². The molecule has 1 aromatic heterocycles. The topological polar surface area (TPSA) is 36.7 Å². The van der Waals surface area contributed by atoms with Crippen LogP contribution in [0.15, 0.2) is 6.07 Å². The molecule has 8 heteroatoms. The van der Waals surface area contributed by atoms with E-state index in [-0.39, 0.29) is 5.33 Å². The van der Waals surface area contributed by atoms with Crippen molar-refractivity contribution >= 4 is 15.9 Å². The third-order valence-corrected chi connectivity index (χ3v) is 2.49. The van der Waals surface area contributed by atoms with E-state index in [1.807, 2.05) is 0 Å².